The highest BCUT2D eigenvalue weighted by Crippen LogP contribution is 2.11. The summed E-state index contributed by atoms with van der Waals surface area (Å²) in [7, 11) is 0. The summed E-state index contributed by atoms with van der Waals surface area (Å²) in [6.45, 7) is 6.02. The van der Waals surface area contributed by atoms with Gasteiger partial charge < -0.3 is 9.47 Å². The summed E-state index contributed by atoms with van der Waals surface area (Å²) in [6, 6.07) is 6.42. The molecule has 4 heteroatoms. The van der Waals surface area contributed by atoms with E-state index in [9.17, 15) is 9.59 Å². The van der Waals surface area contributed by atoms with Crippen LogP contribution in [0.2, 0.25) is 0 Å². The topological polar surface area (TPSA) is 52.6 Å². The van der Waals surface area contributed by atoms with Crippen LogP contribution in [-0.2, 0) is 9.47 Å². The Morgan fingerprint density at radius 1 is 1.15 bits per heavy atom. The molecular weight excluding hydrogens is 256 g/mol. The first-order valence-electron chi connectivity index (χ1n) is 7.06. The molecule has 0 aromatic heterocycles. The van der Waals surface area contributed by atoms with Crippen LogP contribution in [0.15, 0.2) is 24.3 Å². The van der Waals surface area contributed by atoms with E-state index in [1.165, 1.54) is 6.07 Å². The predicted molar refractivity (Wildman–Crippen MR) is 76.8 cm³/mol. The number of carbonyl (C=O) groups is 2. The van der Waals surface area contributed by atoms with Gasteiger partial charge in [0.1, 0.15) is 0 Å². The Labute approximate surface area is 120 Å². The van der Waals surface area contributed by atoms with E-state index in [0.717, 1.165) is 19.3 Å². The second-order valence-electron chi connectivity index (χ2n) is 4.66. The van der Waals surface area contributed by atoms with Gasteiger partial charge in [-0.05, 0) is 38.5 Å². The van der Waals surface area contributed by atoms with Crippen LogP contribution in [-0.4, -0.2) is 24.6 Å². The summed E-state index contributed by atoms with van der Waals surface area (Å²) in [5.41, 5.74) is 0.737. The van der Waals surface area contributed by atoms with Gasteiger partial charge >= 0.3 is 11.9 Å². The molecule has 0 saturated carbocycles. The third-order valence-corrected chi connectivity index (χ3v) is 2.88. The summed E-state index contributed by atoms with van der Waals surface area (Å²) in [5, 5.41) is 0. The fraction of sp³-hybridized carbons (Fsp3) is 0.500. The number of unbranched alkanes of at least 4 members (excludes halogenated alkanes) is 1. The van der Waals surface area contributed by atoms with Crippen LogP contribution in [0, 0.1) is 0 Å². The van der Waals surface area contributed by atoms with E-state index < -0.39 is 11.9 Å². The van der Waals surface area contributed by atoms with Gasteiger partial charge in [0.05, 0.1) is 23.8 Å². The minimum Gasteiger partial charge on any atom is -0.462 e. The predicted octanol–water partition coefficient (Wildman–Crippen LogP) is 3.60. The van der Waals surface area contributed by atoms with Crippen LogP contribution < -0.4 is 0 Å². The molecule has 1 aromatic carbocycles. The van der Waals surface area contributed by atoms with E-state index in [1.54, 1.807) is 25.1 Å². The molecule has 1 unspecified atom stereocenters. The highest BCUT2D eigenvalue weighted by Gasteiger charge is 2.14. The third kappa shape index (κ3) is 5.03. The molecule has 0 N–H and O–H groups in total. The van der Waals surface area contributed by atoms with Gasteiger partial charge in [0.15, 0.2) is 0 Å². The van der Waals surface area contributed by atoms with Gasteiger partial charge in [-0.2, -0.15) is 0 Å². The fourth-order valence-corrected chi connectivity index (χ4v) is 1.79. The minimum absolute atomic E-state index is 0.117. The summed E-state index contributed by atoms with van der Waals surface area (Å²) < 4.78 is 10.2. The number of benzene rings is 1. The van der Waals surface area contributed by atoms with E-state index in [4.69, 9.17) is 9.47 Å². The average Bonchev–Trinajstić information content (AvgIpc) is 2.45. The van der Waals surface area contributed by atoms with Crippen LogP contribution in [0.25, 0.3) is 0 Å². The fourth-order valence-electron chi connectivity index (χ4n) is 1.79. The number of carbonyl (C=O) groups excluding carboxylic acids is 2. The Morgan fingerprint density at radius 3 is 2.40 bits per heavy atom. The normalized spacial score (nSPS) is 11.8. The molecule has 110 valence electrons. The standard InChI is InChI=1S/C16H22O4/c1-4-6-8-12(3)20-16(18)14-10-7-9-13(11-14)15(17)19-5-2/h7,9-12H,4-6,8H2,1-3H3. The number of esters is 2. The van der Waals surface area contributed by atoms with Crippen LogP contribution in [0.1, 0.15) is 60.7 Å². The molecule has 0 aliphatic rings. The summed E-state index contributed by atoms with van der Waals surface area (Å²) in [5.74, 6) is -0.832. The van der Waals surface area contributed by atoms with Crippen LogP contribution in [0.5, 0.6) is 0 Å². The monoisotopic (exact) mass is 278 g/mol. The number of ether oxygens (including phenoxy) is 2. The maximum atomic E-state index is 12.0. The van der Waals surface area contributed by atoms with Crippen molar-refractivity contribution < 1.29 is 19.1 Å². The van der Waals surface area contributed by atoms with Crippen molar-refractivity contribution in [1.82, 2.24) is 0 Å². The van der Waals surface area contributed by atoms with Gasteiger partial charge in [0.25, 0.3) is 0 Å². The molecule has 1 atom stereocenters. The molecule has 0 heterocycles. The van der Waals surface area contributed by atoms with Gasteiger partial charge in [-0.1, -0.05) is 25.8 Å². The lowest BCUT2D eigenvalue weighted by molar-refractivity contribution is 0.0320. The van der Waals surface area contributed by atoms with E-state index in [0.29, 0.717) is 17.7 Å². The minimum atomic E-state index is -0.429. The van der Waals surface area contributed by atoms with Crippen LogP contribution in [0.4, 0.5) is 0 Å². The van der Waals surface area contributed by atoms with Gasteiger partial charge in [0, 0.05) is 0 Å². The lowest BCUT2D eigenvalue weighted by atomic mass is 10.1. The average molecular weight is 278 g/mol. The highest BCUT2D eigenvalue weighted by atomic mass is 16.5. The molecule has 0 aliphatic carbocycles. The molecule has 0 saturated heterocycles. The van der Waals surface area contributed by atoms with Crippen LogP contribution >= 0.6 is 0 Å². The van der Waals surface area contributed by atoms with Crippen LogP contribution in [0.3, 0.4) is 0 Å². The summed E-state index contributed by atoms with van der Waals surface area (Å²) >= 11 is 0. The van der Waals surface area contributed by atoms with Crippen molar-refractivity contribution in [3.63, 3.8) is 0 Å². The quantitative estimate of drug-likeness (QED) is 0.715. The first kappa shape index (κ1) is 16.2. The third-order valence-electron chi connectivity index (χ3n) is 2.88. The van der Waals surface area contributed by atoms with Gasteiger partial charge in [0.2, 0.25) is 0 Å². The smallest absolute Gasteiger partial charge is 0.338 e. The van der Waals surface area contributed by atoms with Crippen molar-refractivity contribution in [2.45, 2.75) is 46.1 Å². The number of rotatable bonds is 7. The Hall–Kier alpha value is -1.84. The summed E-state index contributed by atoms with van der Waals surface area (Å²) in [6.07, 6.45) is 2.82. The SMILES string of the molecule is CCCCC(C)OC(=O)c1cccc(C(=O)OCC)c1. The molecule has 0 spiro atoms. The van der Waals surface area contributed by atoms with E-state index in [1.807, 2.05) is 6.92 Å². The van der Waals surface area contributed by atoms with Crippen molar-refractivity contribution in [2.24, 2.45) is 0 Å². The number of hydrogen-bond acceptors (Lipinski definition) is 4. The van der Waals surface area contributed by atoms with Crippen molar-refractivity contribution in [2.75, 3.05) is 6.61 Å². The molecule has 20 heavy (non-hydrogen) atoms. The molecule has 0 bridgehead atoms. The molecule has 1 aromatic rings. The largest absolute Gasteiger partial charge is 0.462 e. The molecular formula is C16H22O4. The molecule has 0 aliphatic heterocycles. The zero-order valence-corrected chi connectivity index (χ0v) is 12.3. The Kier molecular flexibility index (Phi) is 6.77. The van der Waals surface area contributed by atoms with Gasteiger partial charge in [-0.25, -0.2) is 9.59 Å². The maximum Gasteiger partial charge on any atom is 0.338 e. The first-order valence-corrected chi connectivity index (χ1v) is 7.06. The second-order valence-corrected chi connectivity index (χ2v) is 4.66. The lowest BCUT2D eigenvalue weighted by Gasteiger charge is -2.13. The van der Waals surface area contributed by atoms with E-state index in [-0.39, 0.29) is 6.10 Å². The van der Waals surface area contributed by atoms with E-state index >= 15 is 0 Å². The van der Waals surface area contributed by atoms with Crippen molar-refractivity contribution in [3.05, 3.63) is 35.4 Å². The molecule has 4 nitrogen and oxygen atoms in total. The first-order chi connectivity index (χ1) is 9.58. The highest BCUT2D eigenvalue weighted by molar-refractivity contribution is 5.95. The molecule has 0 amide bonds. The summed E-state index contributed by atoms with van der Waals surface area (Å²) in [4.78, 5) is 23.6. The Bertz CT molecular complexity index is 454. The van der Waals surface area contributed by atoms with Crippen molar-refractivity contribution >= 4 is 11.9 Å². The number of hydrogen-bond donors (Lipinski definition) is 0. The Balaban J connectivity index is 2.68. The maximum absolute atomic E-state index is 12.0. The molecule has 0 fully saturated rings. The zero-order chi connectivity index (χ0) is 15.0. The van der Waals surface area contributed by atoms with Gasteiger partial charge in [-0.3, -0.25) is 0 Å². The second kappa shape index (κ2) is 8.35. The lowest BCUT2D eigenvalue weighted by Crippen LogP contribution is -2.15. The molecule has 0 radical (unpaired) electrons. The van der Waals surface area contributed by atoms with Crippen molar-refractivity contribution in [1.29, 1.82) is 0 Å². The van der Waals surface area contributed by atoms with E-state index in [2.05, 4.69) is 6.92 Å². The molecule has 1 rings (SSSR count). The zero-order valence-electron chi connectivity index (χ0n) is 12.3. The Morgan fingerprint density at radius 2 is 1.80 bits per heavy atom. The van der Waals surface area contributed by atoms with Crippen molar-refractivity contribution in [3.8, 4) is 0 Å². The van der Waals surface area contributed by atoms with Gasteiger partial charge in [-0.15, -0.1) is 0 Å².